The third-order valence-electron chi connectivity index (χ3n) is 4.61. The van der Waals surface area contributed by atoms with E-state index in [1.807, 2.05) is 78.0 Å². The Kier molecular flexibility index (Phi) is 3.42. The second kappa shape index (κ2) is 5.63. The van der Waals surface area contributed by atoms with Crippen molar-refractivity contribution in [2.45, 2.75) is 0 Å². The second-order valence-electron chi connectivity index (χ2n) is 6.12. The highest BCUT2D eigenvalue weighted by molar-refractivity contribution is 6.54. The lowest BCUT2D eigenvalue weighted by atomic mass is 10.00. The molecule has 0 unspecified atom stereocenters. The minimum absolute atomic E-state index is 0.0492. The molecule has 2 aromatic carbocycles. The predicted octanol–water partition coefficient (Wildman–Crippen LogP) is 3.73. The number of fused-ring (bicyclic) bond motifs is 2. The maximum atomic E-state index is 13.1. The number of benzene rings is 2. The third-order valence-corrected chi connectivity index (χ3v) is 4.61. The fourth-order valence-corrected chi connectivity index (χ4v) is 3.40. The summed E-state index contributed by atoms with van der Waals surface area (Å²) in [6, 6.07) is 15.4. The number of aryl methyl sites for hydroxylation is 2. The molecule has 4 aromatic rings. The van der Waals surface area contributed by atoms with Gasteiger partial charge in [-0.3, -0.25) is 4.79 Å². The van der Waals surface area contributed by atoms with Crippen LogP contribution in [0.3, 0.4) is 0 Å². The van der Waals surface area contributed by atoms with Crippen molar-refractivity contribution in [3.05, 3.63) is 72.1 Å². The van der Waals surface area contributed by atoms with Crippen molar-refractivity contribution < 1.29 is 10.0 Å². The summed E-state index contributed by atoms with van der Waals surface area (Å²) in [5, 5.41) is 14.7. The van der Waals surface area contributed by atoms with Crippen molar-refractivity contribution in [1.82, 2.24) is 9.13 Å². The third kappa shape index (κ3) is 2.24. The summed E-state index contributed by atoms with van der Waals surface area (Å²) < 4.78 is 3.83. The van der Waals surface area contributed by atoms with Crippen LogP contribution >= 0.6 is 0 Å². The summed E-state index contributed by atoms with van der Waals surface area (Å²) in [4.78, 5) is 13.1. The molecule has 5 heteroatoms. The Morgan fingerprint density at radius 3 is 1.88 bits per heavy atom. The highest BCUT2D eigenvalue weighted by atomic mass is 16.4. The zero-order valence-corrected chi connectivity index (χ0v) is 14.0. The first-order valence-corrected chi connectivity index (χ1v) is 7.97. The molecule has 25 heavy (non-hydrogen) atoms. The van der Waals surface area contributed by atoms with Crippen molar-refractivity contribution in [2.24, 2.45) is 19.3 Å². The Morgan fingerprint density at radius 1 is 0.840 bits per heavy atom. The fraction of sp³-hybridized carbons (Fsp3) is 0.100. The van der Waals surface area contributed by atoms with E-state index in [-0.39, 0.29) is 11.5 Å². The highest BCUT2D eigenvalue weighted by Gasteiger charge is 2.24. The Morgan fingerprint density at radius 2 is 1.32 bits per heavy atom. The van der Waals surface area contributed by atoms with E-state index in [9.17, 15) is 10.0 Å². The van der Waals surface area contributed by atoms with Gasteiger partial charge in [0, 0.05) is 59.4 Å². The van der Waals surface area contributed by atoms with Crippen LogP contribution in [0.25, 0.3) is 21.8 Å². The molecule has 0 spiro atoms. The normalized spacial score (nSPS) is 12.2. The molecular formula is C20H17N3O2. The molecule has 2 heterocycles. The minimum Gasteiger partial charge on any atom is -0.410 e. The summed E-state index contributed by atoms with van der Waals surface area (Å²) in [6.45, 7) is 0. The predicted molar refractivity (Wildman–Crippen MR) is 98.5 cm³/mol. The molecular weight excluding hydrogens is 314 g/mol. The molecule has 0 saturated heterocycles. The number of hydrogen-bond acceptors (Lipinski definition) is 3. The van der Waals surface area contributed by atoms with Crippen LogP contribution in [0.1, 0.15) is 15.9 Å². The van der Waals surface area contributed by atoms with Gasteiger partial charge in [-0.15, -0.1) is 0 Å². The van der Waals surface area contributed by atoms with Gasteiger partial charge in [0.2, 0.25) is 5.78 Å². The van der Waals surface area contributed by atoms with Crippen LogP contribution in [0.4, 0.5) is 0 Å². The van der Waals surface area contributed by atoms with Gasteiger partial charge in [0.1, 0.15) is 0 Å². The Bertz CT molecular complexity index is 1150. The lowest BCUT2D eigenvalue weighted by Crippen LogP contribution is -2.15. The average Bonchev–Trinajstić information content (AvgIpc) is 3.15. The average molecular weight is 331 g/mol. The van der Waals surface area contributed by atoms with Crippen LogP contribution in [0, 0.1) is 0 Å². The molecule has 5 nitrogen and oxygen atoms in total. The number of carbonyl (C=O) groups is 1. The van der Waals surface area contributed by atoms with E-state index in [0.29, 0.717) is 11.1 Å². The van der Waals surface area contributed by atoms with Crippen molar-refractivity contribution >= 4 is 33.3 Å². The topological polar surface area (TPSA) is 59.5 Å². The van der Waals surface area contributed by atoms with Gasteiger partial charge in [-0.05, 0) is 12.1 Å². The van der Waals surface area contributed by atoms with E-state index >= 15 is 0 Å². The van der Waals surface area contributed by atoms with Gasteiger partial charge in [-0.25, -0.2) is 0 Å². The summed E-state index contributed by atoms with van der Waals surface area (Å²) in [6.07, 6.45) is 3.60. The number of nitrogens with zero attached hydrogens (tertiary/aromatic N) is 3. The van der Waals surface area contributed by atoms with Gasteiger partial charge in [0.15, 0.2) is 5.71 Å². The molecule has 0 aliphatic carbocycles. The van der Waals surface area contributed by atoms with E-state index in [1.54, 1.807) is 6.20 Å². The van der Waals surface area contributed by atoms with Crippen molar-refractivity contribution in [3.8, 4) is 0 Å². The molecule has 0 atom stereocenters. The number of rotatable bonds is 3. The van der Waals surface area contributed by atoms with Crippen LogP contribution in [0.5, 0.6) is 0 Å². The molecule has 0 radical (unpaired) electrons. The molecule has 0 amide bonds. The van der Waals surface area contributed by atoms with E-state index in [2.05, 4.69) is 5.16 Å². The number of Topliss-reactive ketones (excluding diaryl/α,β-unsaturated/α-hetero) is 1. The number of aromatic nitrogens is 2. The van der Waals surface area contributed by atoms with E-state index < -0.39 is 0 Å². The maximum Gasteiger partial charge on any atom is 0.217 e. The molecule has 0 bridgehead atoms. The quantitative estimate of drug-likeness (QED) is 0.269. The number of oxime groups is 1. The Balaban J connectivity index is 1.90. The van der Waals surface area contributed by atoms with Crippen LogP contribution in [-0.2, 0) is 14.1 Å². The number of ketones is 1. The second-order valence-corrected chi connectivity index (χ2v) is 6.12. The fourth-order valence-electron chi connectivity index (χ4n) is 3.40. The first-order valence-electron chi connectivity index (χ1n) is 7.97. The zero-order chi connectivity index (χ0) is 17.6. The van der Waals surface area contributed by atoms with Gasteiger partial charge in [0.25, 0.3) is 0 Å². The summed E-state index contributed by atoms with van der Waals surface area (Å²) in [5.41, 5.74) is 3.14. The van der Waals surface area contributed by atoms with Gasteiger partial charge in [0.05, 0.1) is 0 Å². The molecule has 124 valence electrons. The Hall–Kier alpha value is -3.34. The number of hydrogen-bond donors (Lipinski definition) is 1. The van der Waals surface area contributed by atoms with Crippen LogP contribution in [0.15, 0.2) is 66.1 Å². The van der Waals surface area contributed by atoms with Gasteiger partial charge >= 0.3 is 0 Å². The smallest absolute Gasteiger partial charge is 0.217 e. The van der Waals surface area contributed by atoms with E-state index in [0.717, 1.165) is 21.8 Å². The first-order chi connectivity index (χ1) is 12.1. The molecule has 1 N–H and O–H groups in total. The molecule has 2 aromatic heterocycles. The monoisotopic (exact) mass is 331 g/mol. The minimum atomic E-state index is -0.296. The van der Waals surface area contributed by atoms with E-state index in [1.165, 1.54) is 0 Å². The summed E-state index contributed by atoms with van der Waals surface area (Å²) in [5.74, 6) is -0.296. The van der Waals surface area contributed by atoms with Gasteiger partial charge in [-0.1, -0.05) is 41.6 Å². The highest BCUT2D eigenvalue weighted by Crippen LogP contribution is 2.25. The van der Waals surface area contributed by atoms with Gasteiger partial charge in [-0.2, -0.15) is 0 Å². The Labute approximate surface area is 144 Å². The number of carbonyl (C=O) groups excluding carboxylic acids is 1. The molecule has 4 rings (SSSR count). The SMILES string of the molecule is Cn1cc(C(=O)/C(=N\O)c2cn(C)c3ccccc23)c2ccccc21. The lowest BCUT2D eigenvalue weighted by molar-refractivity contribution is 0.106. The number of para-hydroxylation sites is 2. The molecule has 0 aliphatic rings. The van der Waals surface area contributed by atoms with Crippen LogP contribution in [-0.4, -0.2) is 25.8 Å². The van der Waals surface area contributed by atoms with Crippen molar-refractivity contribution in [1.29, 1.82) is 0 Å². The van der Waals surface area contributed by atoms with Crippen LogP contribution in [0.2, 0.25) is 0 Å². The maximum absolute atomic E-state index is 13.1. The first kappa shape index (κ1) is 15.2. The van der Waals surface area contributed by atoms with E-state index in [4.69, 9.17) is 0 Å². The standard InChI is InChI=1S/C20H17N3O2/c1-22-11-15(13-7-3-5-9-17(13)22)19(21-25)20(24)16-12-23(2)18-10-6-4-8-14(16)18/h3-12,25H,1-2H3/b21-19-. The van der Waals surface area contributed by atoms with Crippen LogP contribution < -0.4 is 0 Å². The summed E-state index contributed by atoms with van der Waals surface area (Å²) in [7, 11) is 3.80. The van der Waals surface area contributed by atoms with Crippen molar-refractivity contribution in [3.63, 3.8) is 0 Å². The largest absolute Gasteiger partial charge is 0.410 e. The zero-order valence-electron chi connectivity index (χ0n) is 14.0. The van der Waals surface area contributed by atoms with Crippen molar-refractivity contribution in [2.75, 3.05) is 0 Å². The summed E-state index contributed by atoms with van der Waals surface area (Å²) >= 11 is 0. The van der Waals surface area contributed by atoms with Gasteiger partial charge < -0.3 is 14.3 Å². The molecule has 0 fully saturated rings. The molecule has 0 aliphatic heterocycles. The molecule has 0 saturated carbocycles. The lowest BCUT2D eigenvalue weighted by Gasteiger charge is -2.02.